The SMILES string of the molecule is O=C1OCCC/C=C\[C@H]2S[C@]34C=CCN(c5ccc6ccccc6c5)C(=O)C3N([C@@H](CO)Cc3ccccc3)C(=O)[C@@H]4[C@@H]12. The molecular weight excluding hydrogens is 560 g/mol. The van der Waals surface area contributed by atoms with Crippen LogP contribution < -0.4 is 4.90 Å². The first-order valence-electron chi connectivity index (χ1n) is 15.0. The third kappa shape index (κ3) is 4.68. The van der Waals surface area contributed by atoms with E-state index in [1.807, 2.05) is 91.0 Å². The Morgan fingerprint density at radius 2 is 1.74 bits per heavy atom. The van der Waals surface area contributed by atoms with Crippen LogP contribution in [0.1, 0.15) is 18.4 Å². The van der Waals surface area contributed by atoms with Gasteiger partial charge in [-0.3, -0.25) is 14.4 Å². The number of ether oxygens (including phenoxy) is 1. The molecule has 1 spiro atoms. The van der Waals surface area contributed by atoms with Crippen LogP contribution in [-0.2, 0) is 25.5 Å². The van der Waals surface area contributed by atoms with Crippen LogP contribution in [0.2, 0.25) is 0 Å². The Hall–Kier alpha value is -3.88. The number of likely N-dealkylation sites (tertiary alicyclic amines) is 1. The number of aliphatic hydroxyl groups excluding tert-OH is 1. The predicted octanol–water partition coefficient (Wildman–Crippen LogP) is 4.54. The van der Waals surface area contributed by atoms with Crippen molar-refractivity contribution in [3.63, 3.8) is 0 Å². The van der Waals surface area contributed by atoms with E-state index in [1.54, 1.807) is 9.80 Å². The zero-order valence-corrected chi connectivity index (χ0v) is 24.6. The van der Waals surface area contributed by atoms with Crippen molar-refractivity contribution in [1.82, 2.24) is 4.90 Å². The number of aliphatic hydroxyl groups is 1. The van der Waals surface area contributed by atoms with Crippen molar-refractivity contribution >= 4 is 46.0 Å². The lowest BCUT2D eigenvalue weighted by atomic mass is 9.78. The Bertz CT molecular complexity index is 1620. The molecule has 2 saturated heterocycles. The van der Waals surface area contributed by atoms with Crippen molar-refractivity contribution < 1.29 is 24.2 Å². The number of amides is 2. The summed E-state index contributed by atoms with van der Waals surface area (Å²) in [5.74, 6) is -2.38. The minimum absolute atomic E-state index is 0.209. The third-order valence-corrected chi connectivity index (χ3v) is 11.0. The summed E-state index contributed by atoms with van der Waals surface area (Å²) in [6, 6.07) is 22.1. The maximum atomic E-state index is 14.9. The lowest BCUT2D eigenvalue weighted by molar-refractivity contribution is -0.153. The molecule has 6 atom stereocenters. The summed E-state index contributed by atoms with van der Waals surface area (Å²) >= 11 is 1.52. The predicted molar refractivity (Wildman–Crippen MR) is 168 cm³/mol. The molecule has 4 aliphatic rings. The molecule has 8 heteroatoms. The van der Waals surface area contributed by atoms with Crippen LogP contribution in [0.4, 0.5) is 5.69 Å². The first-order valence-corrected chi connectivity index (χ1v) is 15.9. The maximum Gasteiger partial charge on any atom is 0.311 e. The van der Waals surface area contributed by atoms with Gasteiger partial charge < -0.3 is 19.6 Å². The molecule has 0 aliphatic carbocycles. The van der Waals surface area contributed by atoms with Gasteiger partial charge in [-0.05, 0) is 47.7 Å². The number of fused-ring (bicyclic) bond motifs is 3. The molecular formula is C35H34N2O5S. The van der Waals surface area contributed by atoms with E-state index in [0.29, 0.717) is 19.6 Å². The van der Waals surface area contributed by atoms with Crippen molar-refractivity contribution in [2.75, 3.05) is 24.7 Å². The van der Waals surface area contributed by atoms with Crippen LogP contribution in [-0.4, -0.2) is 69.6 Å². The van der Waals surface area contributed by atoms with Crippen molar-refractivity contribution in [2.24, 2.45) is 11.8 Å². The fourth-order valence-electron chi connectivity index (χ4n) is 7.30. The summed E-state index contributed by atoms with van der Waals surface area (Å²) in [7, 11) is 0. The lowest BCUT2D eigenvalue weighted by Gasteiger charge is -2.38. The molecule has 7 rings (SSSR count). The second-order valence-electron chi connectivity index (χ2n) is 11.7. The van der Waals surface area contributed by atoms with Crippen molar-refractivity contribution in [3.8, 4) is 0 Å². The van der Waals surface area contributed by atoms with Gasteiger partial charge in [0.1, 0.15) is 6.04 Å². The quantitative estimate of drug-likeness (QED) is 0.345. The van der Waals surface area contributed by atoms with E-state index in [-0.39, 0.29) is 29.6 Å². The van der Waals surface area contributed by atoms with Crippen molar-refractivity contribution in [2.45, 2.75) is 41.3 Å². The molecule has 1 N–H and O–H groups in total. The van der Waals surface area contributed by atoms with E-state index in [1.165, 1.54) is 11.8 Å². The number of rotatable bonds is 5. The van der Waals surface area contributed by atoms with Crippen LogP contribution in [0.15, 0.2) is 97.1 Å². The Morgan fingerprint density at radius 3 is 2.56 bits per heavy atom. The molecule has 2 amide bonds. The summed E-state index contributed by atoms with van der Waals surface area (Å²) in [5.41, 5.74) is 1.70. The number of hydrogen-bond acceptors (Lipinski definition) is 6. The third-order valence-electron chi connectivity index (χ3n) is 9.25. The highest BCUT2D eigenvalue weighted by Gasteiger charge is 2.71. The molecule has 1 unspecified atom stereocenters. The number of carbonyl (C=O) groups is 3. The molecule has 0 radical (unpaired) electrons. The molecule has 0 bridgehead atoms. The molecule has 4 aliphatic heterocycles. The zero-order chi connectivity index (χ0) is 29.6. The fraction of sp³-hybridized carbons (Fsp3) is 0.343. The van der Waals surface area contributed by atoms with Gasteiger partial charge in [-0.2, -0.15) is 0 Å². The van der Waals surface area contributed by atoms with Crippen LogP contribution in [0.25, 0.3) is 10.8 Å². The van der Waals surface area contributed by atoms with Crippen molar-refractivity contribution in [1.29, 1.82) is 0 Å². The minimum Gasteiger partial charge on any atom is -0.465 e. The normalized spacial score (nSPS) is 30.0. The highest BCUT2D eigenvalue weighted by Crippen LogP contribution is 2.61. The molecule has 3 aromatic carbocycles. The first kappa shape index (κ1) is 27.9. The number of esters is 1. The number of anilines is 1. The summed E-state index contributed by atoms with van der Waals surface area (Å²) in [6.45, 7) is 0.328. The second-order valence-corrected chi connectivity index (χ2v) is 13.2. The molecule has 43 heavy (non-hydrogen) atoms. The summed E-state index contributed by atoms with van der Waals surface area (Å²) in [5, 5.41) is 12.5. The van der Waals surface area contributed by atoms with Gasteiger partial charge in [0, 0.05) is 17.5 Å². The van der Waals surface area contributed by atoms with E-state index in [4.69, 9.17) is 4.74 Å². The highest BCUT2D eigenvalue weighted by atomic mass is 32.2. The molecule has 4 heterocycles. The Morgan fingerprint density at radius 1 is 0.953 bits per heavy atom. The fourth-order valence-corrected chi connectivity index (χ4v) is 9.29. The largest absolute Gasteiger partial charge is 0.465 e. The number of allylic oxidation sites excluding steroid dienone is 1. The number of hydrogen-bond donors (Lipinski definition) is 1. The summed E-state index contributed by atoms with van der Waals surface area (Å²) in [4.78, 5) is 46.4. The average molecular weight is 595 g/mol. The zero-order valence-electron chi connectivity index (χ0n) is 23.7. The van der Waals surface area contributed by atoms with E-state index in [9.17, 15) is 19.5 Å². The van der Waals surface area contributed by atoms with E-state index >= 15 is 0 Å². The molecule has 7 nitrogen and oxygen atoms in total. The first-order chi connectivity index (χ1) is 21.0. The van der Waals surface area contributed by atoms with Gasteiger partial charge in [-0.15, -0.1) is 11.8 Å². The van der Waals surface area contributed by atoms with Gasteiger partial charge in [-0.25, -0.2) is 0 Å². The Balaban J connectivity index is 1.35. The maximum absolute atomic E-state index is 14.9. The molecule has 2 fully saturated rings. The number of benzene rings is 3. The number of cyclic esters (lactones) is 1. The van der Waals surface area contributed by atoms with Gasteiger partial charge in [0.2, 0.25) is 5.91 Å². The van der Waals surface area contributed by atoms with Gasteiger partial charge in [-0.1, -0.05) is 85.0 Å². The summed E-state index contributed by atoms with van der Waals surface area (Å²) < 4.78 is 4.70. The van der Waals surface area contributed by atoms with Gasteiger partial charge in [0.05, 0.1) is 35.8 Å². The monoisotopic (exact) mass is 594 g/mol. The van der Waals surface area contributed by atoms with Gasteiger partial charge in [0.25, 0.3) is 5.91 Å². The van der Waals surface area contributed by atoms with Crippen LogP contribution in [0, 0.1) is 11.8 Å². The molecule has 220 valence electrons. The number of nitrogens with zero attached hydrogens (tertiary/aromatic N) is 2. The Kier molecular flexibility index (Phi) is 7.35. The topological polar surface area (TPSA) is 87.2 Å². The van der Waals surface area contributed by atoms with Crippen molar-refractivity contribution in [3.05, 3.63) is 103 Å². The van der Waals surface area contributed by atoms with Crippen LogP contribution in [0.5, 0.6) is 0 Å². The highest BCUT2D eigenvalue weighted by molar-refractivity contribution is 8.02. The van der Waals surface area contributed by atoms with E-state index < -0.39 is 28.7 Å². The van der Waals surface area contributed by atoms with Gasteiger partial charge >= 0.3 is 5.97 Å². The molecule has 0 aromatic heterocycles. The van der Waals surface area contributed by atoms with E-state index in [2.05, 4.69) is 6.08 Å². The average Bonchev–Trinajstić information content (AvgIpc) is 3.45. The van der Waals surface area contributed by atoms with Gasteiger partial charge in [0.15, 0.2) is 0 Å². The standard InChI is InChI=1S/C35H34N2O5S/c38-22-27(20-23-10-3-1-4-11-23)37-31-33(40)36(26-16-15-24-12-6-7-13-25(24)21-26)18-9-17-35(31)30(32(37)39)29-28(43-35)14-5-2-8-19-42-34(29)41/h1,3-7,9-17,21,27-31,38H,2,8,18-20,22H2/b14-5-/t27-,28-,29+,30+,31?,35+/m1/s1. The lowest BCUT2D eigenvalue weighted by Crippen LogP contribution is -2.57. The van der Waals surface area contributed by atoms with Crippen LogP contribution in [0.3, 0.4) is 0 Å². The van der Waals surface area contributed by atoms with Crippen LogP contribution >= 0.6 is 11.8 Å². The minimum atomic E-state index is -0.984. The molecule has 0 saturated carbocycles. The second kappa shape index (κ2) is 11.3. The smallest absolute Gasteiger partial charge is 0.311 e. The summed E-state index contributed by atoms with van der Waals surface area (Å²) in [6.07, 6.45) is 9.97. The van der Waals surface area contributed by atoms with E-state index in [0.717, 1.165) is 34.9 Å². The number of carbonyl (C=O) groups excluding carboxylic acids is 3. The molecule has 3 aromatic rings. The Labute approximate surface area is 255 Å². The number of thioether (sulfide) groups is 1.